The van der Waals surface area contributed by atoms with Crippen LogP contribution in [0.15, 0.2) is 59.3 Å². The van der Waals surface area contributed by atoms with Crippen LogP contribution in [0.3, 0.4) is 0 Å². The summed E-state index contributed by atoms with van der Waals surface area (Å²) < 4.78 is 5.83. The van der Waals surface area contributed by atoms with Gasteiger partial charge in [-0.2, -0.15) is 0 Å². The van der Waals surface area contributed by atoms with Gasteiger partial charge in [-0.15, -0.1) is 0 Å². The number of amides is 1. The zero-order chi connectivity index (χ0) is 20.1. The number of hydrogen-bond acceptors (Lipinski definition) is 5. The maximum absolute atomic E-state index is 12.6. The number of carbonyl (C=O) groups is 1. The highest BCUT2D eigenvalue weighted by Crippen LogP contribution is 2.21. The number of hydrogen-bond donors (Lipinski definition) is 0. The SMILES string of the molecule is Cc1ccc(-c2cnc(CCC(=O)N3CCN(Cc4ccccn4)CC3)o2)cc1. The summed E-state index contributed by atoms with van der Waals surface area (Å²) >= 11 is 0. The predicted molar refractivity (Wildman–Crippen MR) is 111 cm³/mol. The normalized spacial score (nSPS) is 14.9. The Bertz CT molecular complexity index is 929. The maximum atomic E-state index is 12.6. The second-order valence-corrected chi connectivity index (χ2v) is 7.46. The van der Waals surface area contributed by atoms with E-state index in [0.717, 1.165) is 49.7 Å². The van der Waals surface area contributed by atoms with Crippen molar-refractivity contribution in [2.24, 2.45) is 0 Å². The quantitative estimate of drug-likeness (QED) is 0.646. The predicted octanol–water partition coefficient (Wildman–Crippen LogP) is 3.32. The number of oxazole rings is 1. The minimum absolute atomic E-state index is 0.164. The summed E-state index contributed by atoms with van der Waals surface area (Å²) in [6.07, 6.45) is 4.51. The zero-order valence-corrected chi connectivity index (χ0v) is 16.8. The van der Waals surface area contributed by atoms with Crippen LogP contribution in [0.2, 0.25) is 0 Å². The number of carbonyl (C=O) groups excluding carboxylic acids is 1. The molecule has 1 aliphatic rings. The van der Waals surface area contributed by atoms with Gasteiger partial charge in [-0.1, -0.05) is 35.9 Å². The summed E-state index contributed by atoms with van der Waals surface area (Å²) in [6, 6.07) is 14.1. The molecular weight excluding hydrogens is 364 g/mol. The maximum Gasteiger partial charge on any atom is 0.223 e. The molecule has 0 aliphatic carbocycles. The van der Waals surface area contributed by atoms with E-state index in [2.05, 4.69) is 33.9 Å². The first-order valence-electron chi connectivity index (χ1n) is 10.1. The lowest BCUT2D eigenvalue weighted by Crippen LogP contribution is -2.48. The summed E-state index contributed by atoms with van der Waals surface area (Å²) in [6.45, 7) is 6.15. The van der Waals surface area contributed by atoms with Crippen LogP contribution in [0.25, 0.3) is 11.3 Å². The highest BCUT2D eigenvalue weighted by molar-refractivity contribution is 5.76. The first-order chi connectivity index (χ1) is 14.2. The molecule has 0 bridgehead atoms. The fourth-order valence-corrected chi connectivity index (χ4v) is 3.53. The molecule has 0 spiro atoms. The molecule has 2 aromatic heterocycles. The smallest absolute Gasteiger partial charge is 0.223 e. The Morgan fingerprint density at radius 3 is 2.55 bits per heavy atom. The van der Waals surface area contributed by atoms with Gasteiger partial charge in [0.2, 0.25) is 5.91 Å². The van der Waals surface area contributed by atoms with Crippen LogP contribution in [0.4, 0.5) is 0 Å². The molecule has 0 atom stereocenters. The molecule has 6 heteroatoms. The number of pyridine rings is 1. The van der Waals surface area contributed by atoms with Crippen LogP contribution in [-0.2, 0) is 17.8 Å². The monoisotopic (exact) mass is 390 g/mol. The summed E-state index contributed by atoms with van der Waals surface area (Å²) in [5, 5.41) is 0. The molecule has 0 unspecified atom stereocenters. The summed E-state index contributed by atoms with van der Waals surface area (Å²) in [5.74, 6) is 1.52. The van der Waals surface area contributed by atoms with Crippen molar-refractivity contribution < 1.29 is 9.21 Å². The standard InChI is InChI=1S/C23H26N4O2/c1-18-5-7-19(8-6-18)21-16-25-22(29-21)9-10-23(28)27-14-12-26(13-15-27)17-20-4-2-3-11-24-20/h2-8,11,16H,9-10,12-15,17H2,1H3. The van der Waals surface area contributed by atoms with Crippen LogP contribution in [0.1, 0.15) is 23.6 Å². The van der Waals surface area contributed by atoms with E-state index in [4.69, 9.17) is 4.42 Å². The first-order valence-corrected chi connectivity index (χ1v) is 10.1. The van der Waals surface area contributed by atoms with Gasteiger partial charge in [-0.3, -0.25) is 14.7 Å². The number of aryl methyl sites for hydroxylation is 2. The van der Waals surface area contributed by atoms with Crippen molar-refractivity contribution in [3.05, 3.63) is 72.0 Å². The number of aromatic nitrogens is 2. The summed E-state index contributed by atoms with van der Waals surface area (Å²) in [7, 11) is 0. The van der Waals surface area contributed by atoms with Crippen molar-refractivity contribution in [2.45, 2.75) is 26.3 Å². The Kier molecular flexibility index (Phi) is 6.00. The molecule has 0 radical (unpaired) electrons. The zero-order valence-electron chi connectivity index (χ0n) is 16.8. The molecular formula is C23H26N4O2. The van der Waals surface area contributed by atoms with Crippen molar-refractivity contribution >= 4 is 5.91 Å². The molecule has 0 saturated carbocycles. The fourth-order valence-electron chi connectivity index (χ4n) is 3.53. The minimum Gasteiger partial charge on any atom is -0.441 e. The molecule has 4 rings (SSSR count). The molecule has 1 fully saturated rings. The van der Waals surface area contributed by atoms with E-state index in [1.54, 1.807) is 6.20 Å². The van der Waals surface area contributed by atoms with E-state index in [-0.39, 0.29) is 5.91 Å². The number of nitrogens with zero attached hydrogens (tertiary/aromatic N) is 4. The second-order valence-electron chi connectivity index (χ2n) is 7.46. The van der Waals surface area contributed by atoms with Crippen LogP contribution in [-0.4, -0.2) is 51.9 Å². The van der Waals surface area contributed by atoms with E-state index >= 15 is 0 Å². The third kappa shape index (κ3) is 5.09. The van der Waals surface area contributed by atoms with Gasteiger partial charge >= 0.3 is 0 Å². The largest absolute Gasteiger partial charge is 0.441 e. The Morgan fingerprint density at radius 2 is 1.83 bits per heavy atom. The fraction of sp³-hybridized carbons (Fsp3) is 0.348. The molecule has 3 heterocycles. The molecule has 1 aromatic carbocycles. The topological polar surface area (TPSA) is 62.5 Å². The lowest BCUT2D eigenvalue weighted by atomic mass is 10.1. The average molecular weight is 390 g/mol. The molecule has 29 heavy (non-hydrogen) atoms. The lowest BCUT2D eigenvalue weighted by molar-refractivity contribution is -0.133. The Hall–Kier alpha value is -2.99. The Labute approximate surface area is 171 Å². The molecule has 0 N–H and O–H groups in total. The second kappa shape index (κ2) is 9.01. The molecule has 3 aromatic rings. The van der Waals surface area contributed by atoms with Gasteiger partial charge in [0.05, 0.1) is 11.9 Å². The lowest BCUT2D eigenvalue weighted by Gasteiger charge is -2.34. The molecule has 1 amide bonds. The minimum atomic E-state index is 0.164. The van der Waals surface area contributed by atoms with E-state index in [1.165, 1.54) is 5.56 Å². The molecule has 1 aliphatic heterocycles. The third-order valence-electron chi connectivity index (χ3n) is 5.28. The Morgan fingerprint density at radius 1 is 1.03 bits per heavy atom. The molecule has 1 saturated heterocycles. The third-order valence-corrected chi connectivity index (χ3v) is 5.28. The van der Waals surface area contributed by atoms with Gasteiger partial charge in [0, 0.05) is 57.3 Å². The average Bonchev–Trinajstić information content (AvgIpc) is 3.23. The number of piperazine rings is 1. The molecule has 6 nitrogen and oxygen atoms in total. The number of benzene rings is 1. The van der Waals surface area contributed by atoms with Gasteiger partial charge in [0.15, 0.2) is 11.7 Å². The van der Waals surface area contributed by atoms with Crippen molar-refractivity contribution in [3.63, 3.8) is 0 Å². The highest BCUT2D eigenvalue weighted by atomic mass is 16.4. The van der Waals surface area contributed by atoms with E-state index in [9.17, 15) is 4.79 Å². The van der Waals surface area contributed by atoms with Crippen molar-refractivity contribution in [2.75, 3.05) is 26.2 Å². The van der Waals surface area contributed by atoms with E-state index in [1.807, 2.05) is 41.4 Å². The number of rotatable bonds is 6. The van der Waals surface area contributed by atoms with Crippen molar-refractivity contribution in [1.29, 1.82) is 0 Å². The molecule has 150 valence electrons. The van der Waals surface area contributed by atoms with Gasteiger partial charge < -0.3 is 9.32 Å². The first kappa shape index (κ1) is 19.3. The van der Waals surface area contributed by atoms with Gasteiger partial charge in [0.1, 0.15) is 0 Å². The summed E-state index contributed by atoms with van der Waals surface area (Å²) in [4.78, 5) is 25.6. The van der Waals surface area contributed by atoms with Gasteiger partial charge in [-0.05, 0) is 19.1 Å². The van der Waals surface area contributed by atoms with Crippen LogP contribution < -0.4 is 0 Å². The van der Waals surface area contributed by atoms with Gasteiger partial charge in [0.25, 0.3) is 0 Å². The van der Waals surface area contributed by atoms with Crippen molar-refractivity contribution in [1.82, 2.24) is 19.8 Å². The van der Waals surface area contributed by atoms with E-state index < -0.39 is 0 Å². The van der Waals surface area contributed by atoms with E-state index in [0.29, 0.717) is 18.7 Å². The highest BCUT2D eigenvalue weighted by Gasteiger charge is 2.21. The van der Waals surface area contributed by atoms with Crippen LogP contribution >= 0.6 is 0 Å². The van der Waals surface area contributed by atoms with Gasteiger partial charge in [-0.25, -0.2) is 4.98 Å². The Balaban J connectivity index is 1.24. The summed E-state index contributed by atoms with van der Waals surface area (Å²) in [5.41, 5.74) is 3.28. The van der Waals surface area contributed by atoms with Crippen molar-refractivity contribution in [3.8, 4) is 11.3 Å². The van der Waals surface area contributed by atoms with Crippen LogP contribution in [0, 0.1) is 6.92 Å². The van der Waals surface area contributed by atoms with Crippen LogP contribution in [0.5, 0.6) is 0 Å².